The maximum absolute atomic E-state index is 13.4. The number of anilines is 1. The van der Waals surface area contributed by atoms with Gasteiger partial charge in [0.25, 0.3) is 0 Å². The van der Waals surface area contributed by atoms with Gasteiger partial charge in [-0.25, -0.2) is 4.39 Å². The Hall–Kier alpha value is -2.04. The number of hydrogen-bond acceptors (Lipinski definition) is 3. The lowest BCUT2D eigenvalue weighted by atomic mass is 10.3. The molecule has 1 heterocycles. The second kappa shape index (κ2) is 4.45. The van der Waals surface area contributed by atoms with E-state index in [9.17, 15) is 4.39 Å². The van der Waals surface area contributed by atoms with Crippen LogP contribution in [0.4, 0.5) is 10.1 Å². The summed E-state index contributed by atoms with van der Waals surface area (Å²) in [6.07, 6.45) is 0. The highest BCUT2D eigenvalue weighted by molar-refractivity contribution is 5.52. The van der Waals surface area contributed by atoms with Crippen LogP contribution in [0.2, 0.25) is 0 Å². The number of benzene rings is 1. The van der Waals surface area contributed by atoms with Crippen LogP contribution in [-0.4, -0.2) is 9.78 Å². The fourth-order valence-electron chi connectivity index (χ4n) is 1.62. The highest BCUT2D eigenvalue weighted by atomic mass is 19.1. The van der Waals surface area contributed by atoms with Gasteiger partial charge in [0.2, 0.25) is 0 Å². The average molecular weight is 235 g/mol. The molecule has 0 saturated carbocycles. The quantitative estimate of drug-likeness (QED) is 0.828. The SMILES string of the molecule is Cc1cc(COc2c(N)cccc2F)n(C)n1. The Bertz CT molecular complexity index is 516. The average Bonchev–Trinajstić information content (AvgIpc) is 2.57. The summed E-state index contributed by atoms with van der Waals surface area (Å²) in [5, 5.41) is 4.18. The Morgan fingerprint density at radius 1 is 1.47 bits per heavy atom. The number of nitrogens with zero attached hydrogens (tertiary/aromatic N) is 2. The molecule has 1 aromatic carbocycles. The second-order valence-corrected chi connectivity index (χ2v) is 3.85. The van der Waals surface area contributed by atoms with E-state index in [0.29, 0.717) is 5.69 Å². The molecule has 17 heavy (non-hydrogen) atoms. The zero-order chi connectivity index (χ0) is 12.4. The van der Waals surface area contributed by atoms with Gasteiger partial charge in [0.15, 0.2) is 11.6 Å². The maximum atomic E-state index is 13.4. The zero-order valence-electron chi connectivity index (χ0n) is 9.77. The van der Waals surface area contributed by atoms with E-state index >= 15 is 0 Å². The van der Waals surface area contributed by atoms with Gasteiger partial charge in [0.1, 0.15) is 6.61 Å². The Balaban J connectivity index is 2.15. The number of aromatic nitrogens is 2. The van der Waals surface area contributed by atoms with Crippen LogP contribution < -0.4 is 10.5 Å². The van der Waals surface area contributed by atoms with Crippen molar-refractivity contribution in [1.29, 1.82) is 0 Å². The third-order valence-electron chi connectivity index (χ3n) is 2.46. The van der Waals surface area contributed by atoms with E-state index in [4.69, 9.17) is 10.5 Å². The van der Waals surface area contributed by atoms with Crippen molar-refractivity contribution in [2.24, 2.45) is 7.05 Å². The van der Waals surface area contributed by atoms with Crippen molar-refractivity contribution in [3.05, 3.63) is 41.5 Å². The Morgan fingerprint density at radius 3 is 2.82 bits per heavy atom. The highest BCUT2D eigenvalue weighted by Crippen LogP contribution is 2.25. The first kappa shape index (κ1) is 11.4. The van der Waals surface area contributed by atoms with Crippen LogP contribution >= 0.6 is 0 Å². The third kappa shape index (κ3) is 2.38. The third-order valence-corrected chi connectivity index (χ3v) is 2.46. The normalized spacial score (nSPS) is 10.5. The molecule has 0 radical (unpaired) electrons. The number of halogens is 1. The van der Waals surface area contributed by atoms with Gasteiger partial charge < -0.3 is 10.5 Å². The smallest absolute Gasteiger partial charge is 0.178 e. The first-order valence-corrected chi connectivity index (χ1v) is 5.24. The standard InChI is InChI=1S/C12H14FN3O/c1-8-6-9(16(2)15-8)7-17-12-10(13)4-3-5-11(12)14/h3-6H,7,14H2,1-2H3. The summed E-state index contributed by atoms with van der Waals surface area (Å²) in [7, 11) is 1.82. The monoisotopic (exact) mass is 235 g/mol. The largest absolute Gasteiger partial charge is 0.482 e. The van der Waals surface area contributed by atoms with E-state index in [0.717, 1.165) is 11.4 Å². The van der Waals surface area contributed by atoms with Gasteiger partial charge in [-0.2, -0.15) is 5.10 Å². The van der Waals surface area contributed by atoms with Crippen LogP contribution in [0.25, 0.3) is 0 Å². The molecular formula is C12H14FN3O. The molecule has 0 aliphatic carbocycles. The van der Waals surface area contributed by atoms with Crippen LogP contribution in [0.1, 0.15) is 11.4 Å². The van der Waals surface area contributed by atoms with Crippen molar-refractivity contribution in [1.82, 2.24) is 9.78 Å². The summed E-state index contributed by atoms with van der Waals surface area (Å²) in [6.45, 7) is 2.13. The number of nitrogens with two attached hydrogens (primary N) is 1. The van der Waals surface area contributed by atoms with Crippen LogP contribution in [0.15, 0.2) is 24.3 Å². The summed E-state index contributed by atoms with van der Waals surface area (Å²) < 4.78 is 20.5. The molecule has 0 bridgehead atoms. The highest BCUT2D eigenvalue weighted by Gasteiger charge is 2.09. The van der Waals surface area contributed by atoms with E-state index in [1.807, 2.05) is 20.0 Å². The van der Waals surface area contributed by atoms with Gasteiger partial charge in [-0.3, -0.25) is 4.68 Å². The second-order valence-electron chi connectivity index (χ2n) is 3.85. The van der Waals surface area contributed by atoms with Crippen molar-refractivity contribution < 1.29 is 9.13 Å². The maximum Gasteiger partial charge on any atom is 0.178 e. The predicted octanol–water partition coefficient (Wildman–Crippen LogP) is 2.03. The number of aryl methyl sites for hydroxylation is 2. The lowest BCUT2D eigenvalue weighted by Crippen LogP contribution is -2.05. The van der Waals surface area contributed by atoms with Crippen LogP contribution in [-0.2, 0) is 13.7 Å². The van der Waals surface area contributed by atoms with E-state index in [1.165, 1.54) is 6.07 Å². The van der Waals surface area contributed by atoms with Gasteiger partial charge in [0, 0.05) is 7.05 Å². The van der Waals surface area contributed by atoms with Gasteiger partial charge in [-0.05, 0) is 25.1 Å². The molecule has 5 heteroatoms. The Kier molecular flexibility index (Phi) is 2.99. The van der Waals surface area contributed by atoms with Gasteiger partial charge in [-0.1, -0.05) is 6.07 Å². The molecule has 0 fully saturated rings. The number of ether oxygens (including phenoxy) is 1. The van der Waals surface area contributed by atoms with Crippen molar-refractivity contribution in [2.75, 3.05) is 5.73 Å². The van der Waals surface area contributed by atoms with E-state index in [2.05, 4.69) is 5.10 Å². The number of hydrogen-bond donors (Lipinski definition) is 1. The summed E-state index contributed by atoms with van der Waals surface area (Å²) in [5.41, 5.74) is 7.70. The van der Waals surface area contributed by atoms with Crippen LogP contribution in [0.5, 0.6) is 5.75 Å². The summed E-state index contributed by atoms with van der Waals surface area (Å²) in [5.74, 6) is -0.366. The minimum absolute atomic E-state index is 0.0892. The molecule has 0 saturated heterocycles. The summed E-state index contributed by atoms with van der Waals surface area (Å²) >= 11 is 0. The Morgan fingerprint density at radius 2 is 2.24 bits per heavy atom. The van der Waals surface area contributed by atoms with Crippen LogP contribution in [0.3, 0.4) is 0 Å². The molecular weight excluding hydrogens is 221 g/mol. The molecule has 90 valence electrons. The molecule has 0 amide bonds. The molecule has 0 aliphatic rings. The fourth-order valence-corrected chi connectivity index (χ4v) is 1.62. The summed E-state index contributed by atoms with van der Waals surface area (Å²) in [6, 6.07) is 6.36. The molecule has 0 unspecified atom stereocenters. The minimum Gasteiger partial charge on any atom is -0.482 e. The first-order chi connectivity index (χ1) is 8.08. The van der Waals surface area contributed by atoms with Gasteiger partial charge in [0.05, 0.1) is 17.1 Å². The van der Waals surface area contributed by atoms with Crippen molar-refractivity contribution in [3.8, 4) is 5.75 Å². The van der Waals surface area contributed by atoms with Crippen molar-refractivity contribution in [3.63, 3.8) is 0 Å². The molecule has 2 rings (SSSR count). The molecule has 4 nitrogen and oxygen atoms in total. The zero-order valence-corrected chi connectivity index (χ0v) is 9.77. The molecule has 0 aliphatic heterocycles. The van der Waals surface area contributed by atoms with Gasteiger partial charge >= 0.3 is 0 Å². The molecule has 2 N–H and O–H groups in total. The topological polar surface area (TPSA) is 53.1 Å². The fraction of sp³-hybridized carbons (Fsp3) is 0.250. The summed E-state index contributed by atoms with van der Waals surface area (Å²) in [4.78, 5) is 0. The molecule has 1 aromatic heterocycles. The minimum atomic E-state index is -0.455. The number of nitrogen functional groups attached to an aromatic ring is 1. The number of para-hydroxylation sites is 1. The van der Waals surface area contributed by atoms with Crippen molar-refractivity contribution in [2.45, 2.75) is 13.5 Å². The van der Waals surface area contributed by atoms with E-state index in [-0.39, 0.29) is 12.4 Å². The van der Waals surface area contributed by atoms with E-state index < -0.39 is 5.82 Å². The van der Waals surface area contributed by atoms with Crippen molar-refractivity contribution >= 4 is 5.69 Å². The molecule has 0 atom stereocenters. The lowest BCUT2D eigenvalue weighted by molar-refractivity contribution is 0.282. The van der Waals surface area contributed by atoms with Gasteiger partial charge in [-0.15, -0.1) is 0 Å². The molecule has 2 aromatic rings. The van der Waals surface area contributed by atoms with E-state index in [1.54, 1.807) is 16.8 Å². The predicted molar refractivity (Wildman–Crippen MR) is 63.1 cm³/mol. The number of rotatable bonds is 3. The van der Waals surface area contributed by atoms with Crippen LogP contribution in [0, 0.1) is 12.7 Å². The first-order valence-electron chi connectivity index (χ1n) is 5.24. The Labute approximate surface area is 98.8 Å². The molecule has 0 spiro atoms. The lowest BCUT2D eigenvalue weighted by Gasteiger charge is -2.09.